The molecule has 1 aromatic rings. The zero-order valence-electron chi connectivity index (χ0n) is 14.2. The van der Waals surface area contributed by atoms with Crippen molar-refractivity contribution >= 4 is 23.4 Å². The molecule has 0 radical (unpaired) electrons. The highest BCUT2D eigenvalue weighted by Crippen LogP contribution is 2.14. The number of nitrogens with one attached hydrogen (secondary N) is 4. The van der Waals surface area contributed by atoms with Gasteiger partial charge in [-0.15, -0.1) is 0 Å². The first-order chi connectivity index (χ1) is 11.6. The molecule has 1 aliphatic heterocycles. The van der Waals surface area contributed by atoms with Crippen molar-refractivity contribution in [2.45, 2.75) is 45.3 Å². The molecule has 2 atom stereocenters. The van der Waals surface area contributed by atoms with Crippen LogP contribution >= 0.6 is 0 Å². The minimum absolute atomic E-state index is 0.117. The van der Waals surface area contributed by atoms with Crippen LogP contribution in [-0.2, 0) is 4.74 Å². The lowest BCUT2D eigenvalue weighted by molar-refractivity contribution is 0.112. The summed E-state index contributed by atoms with van der Waals surface area (Å²) in [6.45, 7) is 5.24. The van der Waals surface area contributed by atoms with E-state index in [1.807, 2.05) is 13.8 Å². The van der Waals surface area contributed by atoms with Crippen LogP contribution in [0.4, 0.5) is 21.0 Å². The third-order valence-electron chi connectivity index (χ3n) is 3.90. The predicted molar refractivity (Wildman–Crippen MR) is 94.3 cm³/mol. The molecule has 1 saturated heterocycles. The first kappa shape index (κ1) is 18.1. The Hall–Kier alpha value is -2.28. The maximum atomic E-state index is 11.8. The molecule has 2 unspecified atom stereocenters. The van der Waals surface area contributed by atoms with Gasteiger partial charge >= 0.3 is 12.1 Å². The monoisotopic (exact) mass is 334 g/mol. The molecule has 0 bridgehead atoms. The van der Waals surface area contributed by atoms with Gasteiger partial charge in [0.25, 0.3) is 0 Å². The summed E-state index contributed by atoms with van der Waals surface area (Å²) in [6.07, 6.45) is 3.02. The van der Waals surface area contributed by atoms with Crippen molar-refractivity contribution in [1.29, 1.82) is 0 Å². The fraction of sp³-hybridized carbons (Fsp3) is 0.529. The number of rotatable bonds is 6. The first-order valence-corrected chi connectivity index (χ1v) is 8.41. The highest BCUT2D eigenvalue weighted by Gasteiger charge is 2.16. The fourth-order valence-electron chi connectivity index (χ4n) is 2.32. The molecule has 0 saturated carbocycles. The van der Waals surface area contributed by atoms with E-state index in [1.165, 1.54) is 0 Å². The quantitative estimate of drug-likeness (QED) is 0.644. The summed E-state index contributed by atoms with van der Waals surface area (Å²) in [5, 5.41) is 11.1. The standard InChI is InChI=1S/C17H26N4O3/c1-3-12(2)19-17(23)21-14-8-6-13(7-9-14)20-16(22)18-11-15-5-4-10-24-15/h6-9,12,15H,3-5,10-11H2,1-2H3,(H2,18,20,22)(H2,19,21,23). The van der Waals surface area contributed by atoms with Crippen LogP contribution in [0.2, 0.25) is 0 Å². The van der Waals surface area contributed by atoms with Gasteiger partial charge in [-0.2, -0.15) is 0 Å². The number of carbonyl (C=O) groups excluding carboxylic acids is 2. The van der Waals surface area contributed by atoms with E-state index in [1.54, 1.807) is 24.3 Å². The molecule has 4 N–H and O–H groups in total. The van der Waals surface area contributed by atoms with Crippen LogP contribution in [0, 0.1) is 0 Å². The van der Waals surface area contributed by atoms with Gasteiger partial charge in [-0.05, 0) is 50.5 Å². The minimum atomic E-state index is -0.263. The number of anilines is 2. The molecule has 1 aromatic carbocycles. The second kappa shape index (κ2) is 9.12. The average molecular weight is 334 g/mol. The van der Waals surface area contributed by atoms with Crippen LogP contribution in [0.5, 0.6) is 0 Å². The highest BCUT2D eigenvalue weighted by atomic mass is 16.5. The number of amides is 4. The summed E-state index contributed by atoms with van der Waals surface area (Å²) >= 11 is 0. The highest BCUT2D eigenvalue weighted by molar-refractivity contribution is 5.91. The van der Waals surface area contributed by atoms with Gasteiger partial charge in [0.2, 0.25) is 0 Å². The molecule has 0 aromatic heterocycles. The summed E-state index contributed by atoms with van der Waals surface area (Å²) in [5.74, 6) is 0. The van der Waals surface area contributed by atoms with Gasteiger partial charge in [0.1, 0.15) is 0 Å². The van der Waals surface area contributed by atoms with Crippen LogP contribution in [0.3, 0.4) is 0 Å². The first-order valence-electron chi connectivity index (χ1n) is 8.41. The lowest BCUT2D eigenvalue weighted by Gasteiger charge is -2.13. The summed E-state index contributed by atoms with van der Waals surface area (Å²) < 4.78 is 5.45. The molecule has 1 fully saturated rings. The normalized spacial score (nSPS) is 17.8. The maximum Gasteiger partial charge on any atom is 0.319 e. The SMILES string of the molecule is CCC(C)NC(=O)Nc1ccc(NC(=O)NCC2CCCO2)cc1. The Bertz CT molecular complexity index is 541. The summed E-state index contributed by atoms with van der Waals surface area (Å²) in [5.41, 5.74) is 1.33. The van der Waals surface area contributed by atoms with Crippen molar-refractivity contribution in [2.75, 3.05) is 23.8 Å². The number of carbonyl (C=O) groups is 2. The molecule has 2 rings (SSSR count). The Balaban J connectivity index is 1.74. The molecule has 0 spiro atoms. The van der Waals surface area contributed by atoms with Crippen LogP contribution in [0.25, 0.3) is 0 Å². The molecule has 7 heteroatoms. The zero-order valence-corrected chi connectivity index (χ0v) is 14.2. The van der Waals surface area contributed by atoms with E-state index in [2.05, 4.69) is 21.3 Å². The van der Waals surface area contributed by atoms with Crippen LogP contribution in [0.1, 0.15) is 33.1 Å². The van der Waals surface area contributed by atoms with Gasteiger partial charge in [-0.3, -0.25) is 0 Å². The number of benzene rings is 1. The molecule has 132 valence electrons. The Labute approximate surface area is 142 Å². The third kappa shape index (κ3) is 6.08. The van der Waals surface area contributed by atoms with Crippen molar-refractivity contribution in [3.8, 4) is 0 Å². The van der Waals surface area contributed by atoms with E-state index >= 15 is 0 Å². The second-order valence-corrected chi connectivity index (χ2v) is 5.96. The van der Waals surface area contributed by atoms with E-state index < -0.39 is 0 Å². The van der Waals surface area contributed by atoms with Crippen LogP contribution < -0.4 is 21.3 Å². The molecular weight excluding hydrogens is 308 g/mol. The van der Waals surface area contributed by atoms with E-state index in [4.69, 9.17) is 4.74 Å². The molecule has 0 aliphatic carbocycles. The Morgan fingerprint density at radius 3 is 2.33 bits per heavy atom. The van der Waals surface area contributed by atoms with Gasteiger partial charge in [0.15, 0.2) is 0 Å². The van der Waals surface area contributed by atoms with Crippen molar-refractivity contribution in [2.24, 2.45) is 0 Å². The van der Waals surface area contributed by atoms with Crippen molar-refractivity contribution < 1.29 is 14.3 Å². The van der Waals surface area contributed by atoms with E-state index in [0.717, 1.165) is 25.9 Å². The Morgan fingerprint density at radius 2 is 1.79 bits per heavy atom. The van der Waals surface area contributed by atoms with E-state index in [0.29, 0.717) is 17.9 Å². The summed E-state index contributed by atoms with van der Waals surface area (Å²) in [4.78, 5) is 23.6. The van der Waals surface area contributed by atoms with Gasteiger partial charge in [0.05, 0.1) is 6.10 Å². The summed E-state index contributed by atoms with van der Waals surface area (Å²) in [6, 6.07) is 6.59. The topological polar surface area (TPSA) is 91.5 Å². The molecule has 1 heterocycles. The number of hydrogen-bond acceptors (Lipinski definition) is 3. The van der Waals surface area contributed by atoms with Gasteiger partial charge < -0.3 is 26.0 Å². The predicted octanol–water partition coefficient (Wildman–Crippen LogP) is 2.91. The van der Waals surface area contributed by atoms with E-state index in [9.17, 15) is 9.59 Å². The molecule has 4 amide bonds. The number of hydrogen-bond donors (Lipinski definition) is 4. The smallest absolute Gasteiger partial charge is 0.319 e. The van der Waals surface area contributed by atoms with Gasteiger partial charge in [-0.25, -0.2) is 9.59 Å². The van der Waals surface area contributed by atoms with E-state index in [-0.39, 0.29) is 24.2 Å². The molecule has 7 nitrogen and oxygen atoms in total. The lowest BCUT2D eigenvalue weighted by atomic mass is 10.2. The van der Waals surface area contributed by atoms with Crippen LogP contribution in [0.15, 0.2) is 24.3 Å². The van der Waals surface area contributed by atoms with Crippen molar-refractivity contribution in [3.63, 3.8) is 0 Å². The minimum Gasteiger partial charge on any atom is -0.376 e. The number of ether oxygens (including phenoxy) is 1. The molecule has 1 aliphatic rings. The lowest BCUT2D eigenvalue weighted by Crippen LogP contribution is -2.35. The maximum absolute atomic E-state index is 11.8. The van der Waals surface area contributed by atoms with Crippen molar-refractivity contribution in [1.82, 2.24) is 10.6 Å². The van der Waals surface area contributed by atoms with Gasteiger partial charge in [0, 0.05) is 30.6 Å². The van der Waals surface area contributed by atoms with Crippen LogP contribution in [-0.4, -0.2) is 37.4 Å². The molecular formula is C17H26N4O3. The second-order valence-electron chi connectivity index (χ2n) is 5.96. The zero-order chi connectivity index (χ0) is 17.4. The largest absolute Gasteiger partial charge is 0.376 e. The van der Waals surface area contributed by atoms with Gasteiger partial charge in [-0.1, -0.05) is 6.92 Å². The third-order valence-corrected chi connectivity index (χ3v) is 3.90. The molecule has 24 heavy (non-hydrogen) atoms. The fourth-order valence-corrected chi connectivity index (χ4v) is 2.32. The number of urea groups is 2. The Kier molecular flexibility index (Phi) is 6.87. The average Bonchev–Trinajstić information content (AvgIpc) is 3.08. The Morgan fingerprint density at radius 1 is 1.17 bits per heavy atom. The van der Waals surface area contributed by atoms with Crippen molar-refractivity contribution in [3.05, 3.63) is 24.3 Å². The summed E-state index contributed by atoms with van der Waals surface area (Å²) in [7, 11) is 0.